The number of hydrogen-bond donors (Lipinski definition) is 1. The van der Waals surface area contributed by atoms with Gasteiger partial charge in [0.25, 0.3) is 0 Å². The van der Waals surface area contributed by atoms with E-state index in [2.05, 4.69) is 35.7 Å². The van der Waals surface area contributed by atoms with Gasteiger partial charge >= 0.3 is 0 Å². The molecule has 1 aliphatic rings. The Morgan fingerprint density at radius 1 is 1.50 bits per heavy atom. The highest BCUT2D eigenvalue weighted by Crippen LogP contribution is 2.33. The summed E-state index contributed by atoms with van der Waals surface area (Å²) in [6, 6.07) is 4.38. The fourth-order valence-electron chi connectivity index (χ4n) is 2.76. The molecule has 20 heavy (non-hydrogen) atoms. The van der Waals surface area contributed by atoms with E-state index in [1.54, 1.807) is 0 Å². The van der Waals surface area contributed by atoms with Gasteiger partial charge in [0.15, 0.2) is 0 Å². The quantitative estimate of drug-likeness (QED) is 0.920. The average molecular weight is 291 g/mol. The van der Waals surface area contributed by atoms with Crippen LogP contribution in [0, 0.1) is 12.8 Å². The Morgan fingerprint density at radius 3 is 3.10 bits per heavy atom. The smallest absolute Gasteiger partial charge is 0.0896 e. The normalized spacial score (nSPS) is 22.5. The topological polar surface area (TPSA) is 39.1 Å². The van der Waals surface area contributed by atoms with Crippen LogP contribution < -0.4 is 5.32 Å². The Balaban J connectivity index is 1.54. The minimum Gasteiger partial charge on any atom is -0.373 e. The van der Waals surface area contributed by atoms with Crippen LogP contribution in [0.1, 0.15) is 27.8 Å². The van der Waals surface area contributed by atoms with Crippen LogP contribution in [0.4, 0.5) is 0 Å². The van der Waals surface area contributed by atoms with E-state index in [9.17, 15) is 0 Å². The Kier molecular flexibility index (Phi) is 4.19. The lowest BCUT2D eigenvalue weighted by Gasteiger charge is -2.17. The molecule has 1 fully saturated rings. The van der Waals surface area contributed by atoms with E-state index in [0.29, 0.717) is 5.92 Å². The predicted octanol–water partition coefficient (Wildman–Crippen LogP) is 2.66. The SMILES string of the molecule is Cc1ccc(CNC[C@H]2CCO[C@H]2c2cnn(C)c2)s1. The van der Waals surface area contributed by atoms with Crippen LogP contribution >= 0.6 is 11.3 Å². The number of rotatable bonds is 5. The molecule has 0 aliphatic carbocycles. The molecule has 3 heterocycles. The van der Waals surface area contributed by atoms with Gasteiger partial charge in [0.2, 0.25) is 0 Å². The maximum atomic E-state index is 5.88. The number of hydrogen-bond acceptors (Lipinski definition) is 4. The van der Waals surface area contributed by atoms with Crippen LogP contribution in [0.25, 0.3) is 0 Å². The number of nitrogens with one attached hydrogen (secondary N) is 1. The van der Waals surface area contributed by atoms with Gasteiger partial charge in [-0.25, -0.2) is 0 Å². The first-order chi connectivity index (χ1) is 9.72. The van der Waals surface area contributed by atoms with Crippen molar-refractivity contribution in [2.24, 2.45) is 13.0 Å². The van der Waals surface area contributed by atoms with Crippen molar-refractivity contribution in [1.82, 2.24) is 15.1 Å². The Labute approximate surface area is 123 Å². The van der Waals surface area contributed by atoms with E-state index >= 15 is 0 Å². The summed E-state index contributed by atoms with van der Waals surface area (Å²) in [5.41, 5.74) is 1.20. The summed E-state index contributed by atoms with van der Waals surface area (Å²) in [5.74, 6) is 0.542. The van der Waals surface area contributed by atoms with E-state index in [1.165, 1.54) is 15.3 Å². The number of aryl methyl sites for hydroxylation is 2. The molecule has 0 saturated carbocycles. The molecule has 2 aromatic rings. The molecule has 1 saturated heterocycles. The van der Waals surface area contributed by atoms with Crippen LogP contribution in [0.15, 0.2) is 24.5 Å². The molecule has 1 N–H and O–H groups in total. The first-order valence-corrected chi connectivity index (χ1v) is 7.90. The molecular formula is C15H21N3OS. The van der Waals surface area contributed by atoms with Crippen molar-refractivity contribution in [3.8, 4) is 0 Å². The van der Waals surface area contributed by atoms with Crippen LogP contribution in [-0.4, -0.2) is 22.9 Å². The van der Waals surface area contributed by atoms with Crippen molar-refractivity contribution in [2.45, 2.75) is 26.0 Å². The van der Waals surface area contributed by atoms with Crippen molar-refractivity contribution >= 4 is 11.3 Å². The first-order valence-electron chi connectivity index (χ1n) is 7.08. The average Bonchev–Trinajstić information content (AvgIpc) is 3.11. The first kappa shape index (κ1) is 13.8. The summed E-state index contributed by atoms with van der Waals surface area (Å²) in [6.07, 6.45) is 5.30. The Hall–Kier alpha value is -1.17. The molecule has 2 atom stereocenters. The molecule has 0 aromatic carbocycles. The highest BCUT2D eigenvalue weighted by Gasteiger charge is 2.30. The molecular weight excluding hydrogens is 270 g/mol. The van der Waals surface area contributed by atoms with E-state index in [4.69, 9.17) is 4.74 Å². The molecule has 0 bridgehead atoms. The second-order valence-corrected chi connectivity index (χ2v) is 6.80. The highest BCUT2D eigenvalue weighted by molar-refractivity contribution is 7.11. The largest absolute Gasteiger partial charge is 0.373 e. The molecule has 0 spiro atoms. The van der Waals surface area contributed by atoms with Gasteiger partial charge in [0.05, 0.1) is 12.3 Å². The van der Waals surface area contributed by atoms with Crippen molar-refractivity contribution in [1.29, 1.82) is 0 Å². The second-order valence-electron chi connectivity index (χ2n) is 5.43. The van der Waals surface area contributed by atoms with Crippen LogP contribution in [0.3, 0.4) is 0 Å². The van der Waals surface area contributed by atoms with Gasteiger partial charge in [0, 0.05) is 54.2 Å². The maximum absolute atomic E-state index is 5.88. The van der Waals surface area contributed by atoms with Crippen molar-refractivity contribution in [3.63, 3.8) is 0 Å². The molecule has 0 radical (unpaired) electrons. The number of nitrogens with zero attached hydrogens (tertiary/aromatic N) is 2. The van der Waals surface area contributed by atoms with E-state index in [-0.39, 0.29) is 6.10 Å². The maximum Gasteiger partial charge on any atom is 0.0896 e. The zero-order valence-corrected chi connectivity index (χ0v) is 12.8. The summed E-state index contributed by atoms with van der Waals surface area (Å²) in [4.78, 5) is 2.78. The zero-order valence-electron chi connectivity index (χ0n) is 12.0. The minimum absolute atomic E-state index is 0.196. The van der Waals surface area contributed by atoms with Crippen molar-refractivity contribution < 1.29 is 4.74 Å². The van der Waals surface area contributed by atoms with E-state index < -0.39 is 0 Å². The van der Waals surface area contributed by atoms with Gasteiger partial charge in [-0.15, -0.1) is 11.3 Å². The van der Waals surface area contributed by atoms with Gasteiger partial charge < -0.3 is 10.1 Å². The zero-order chi connectivity index (χ0) is 13.9. The van der Waals surface area contributed by atoms with Crippen molar-refractivity contribution in [3.05, 3.63) is 39.8 Å². The van der Waals surface area contributed by atoms with Crippen LogP contribution in [0.5, 0.6) is 0 Å². The fourth-order valence-corrected chi connectivity index (χ4v) is 3.62. The molecule has 0 unspecified atom stereocenters. The summed E-state index contributed by atoms with van der Waals surface area (Å²) in [6.45, 7) is 4.95. The number of ether oxygens (including phenoxy) is 1. The van der Waals surface area contributed by atoms with Gasteiger partial charge in [-0.1, -0.05) is 0 Å². The lowest BCUT2D eigenvalue weighted by atomic mass is 9.97. The summed E-state index contributed by atoms with van der Waals surface area (Å²) < 4.78 is 7.72. The molecule has 0 amide bonds. The Bertz CT molecular complexity index is 563. The molecule has 108 valence electrons. The molecule has 3 rings (SSSR count). The van der Waals surface area contributed by atoms with E-state index in [0.717, 1.165) is 26.1 Å². The van der Waals surface area contributed by atoms with Gasteiger partial charge in [-0.05, 0) is 25.5 Å². The fraction of sp³-hybridized carbons (Fsp3) is 0.533. The standard InChI is InChI=1S/C15H21N3OS/c1-11-3-4-14(20-11)9-16-7-12-5-6-19-15(12)13-8-17-18(2)10-13/h3-4,8,10,12,15-16H,5-7,9H2,1-2H3/t12-,15-/m1/s1. The molecule has 5 heteroatoms. The third kappa shape index (κ3) is 3.11. The third-order valence-electron chi connectivity index (χ3n) is 3.77. The summed E-state index contributed by atoms with van der Waals surface area (Å²) >= 11 is 1.86. The minimum atomic E-state index is 0.196. The molecule has 4 nitrogen and oxygen atoms in total. The van der Waals surface area contributed by atoms with Gasteiger partial charge in [0.1, 0.15) is 0 Å². The highest BCUT2D eigenvalue weighted by atomic mass is 32.1. The number of aromatic nitrogens is 2. The number of thiophene rings is 1. The van der Waals surface area contributed by atoms with Crippen molar-refractivity contribution in [2.75, 3.05) is 13.2 Å². The predicted molar refractivity (Wildman–Crippen MR) is 80.8 cm³/mol. The van der Waals surface area contributed by atoms with Crippen LogP contribution in [0.2, 0.25) is 0 Å². The third-order valence-corrected chi connectivity index (χ3v) is 4.77. The molecule has 1 aliphatic heterocycles. The van der Waals surface area contributed by atoms with Gasteiger partial charge in [-0.3, -0.25) is 4.68 Å². The summed E-state index contributed by atoms with van der Waals surface area (Å²) in [5, 5.41) is 7.81. The van der Waals surface area contributed by atoms with E-state index in [1.807, 2.05) is 29.3 Å². The van der Waals surface area contributed by atoms with Crippen LogP contribution in [-0.2, 0) is 18.3 Å². The Morgan fingerprint density at radius 2 is 2.40 bits per heavy atom. The lowest BCUT2D eigenvalue weighted by molar-refractivity contribution is 0.0904. The molecule has 2 aromatic heterocycles. The lowest BCUT2D eigenvalue weighted by Crippen LogP contribution is -2.24. The summed E-state index contributed by atoms with van der Waals surface area (Å²) in [7, 11) is 1.95. The monoisotopic (exact) mass is 291 g/mol. The van der Waals surface area contributed by atoms with Gasteiger partial charge in [-0.2, -0.15) is 5.10 Å². The second kappa shape index (κ2) is 6.08.